The minimum absolute atomic E-state index is 0.0469. The Morgan fingerprint density at radius 3 is 2.40 bits per heavy atom. The van der Waals surface area contributed by atoms with Gasteiger partial charge in [0, 0.05) is 10.0 Å². The molecule has 0 atom stereocenters. The summed E-state index contributed by atoms with van der Waals surface area (Å²) >= 11 is 3.39. The van der Waals surface area contributed by atoms with E-state index in [0.717, 1.165) is 10.0 Å². The van der Waals surface area contributed by atoms with Gasteiger partial charge in [0.05, 0.1) is 5.56 Å². The number of hydrogen-bond acceptors (Lipinski definition) is 1. The summed E-state index contributed by atoms with van der Waals surface area (Å²) in [6.07, 6.45) is 0. The van der Waals surface area contributed by atoms with Crippen molar-refractivity contribution in [3.05, 3.63) is 33.8 Å². The van der Waals surface area contributed by atoms with E-state index in [1.165, 1.54) is 0 Å². The molecule has 0 aliphatic rings. The van der Waals surface area contributed by atoms with Gasteiger partial charge in [-0.05, 0) is 61.3 Å². The molecule has 1 rings (SSSR count). The van der Waals surface area contributed by atoms with Crippen molar-refractivity contribution in [1.82, 2.24) is 5.32 Å². The van der Waals surface area contributed by atoms with E-state index < -0.39 is 0 Å². The SMILES string of the molecule is Cc1ccc(C(=O)NC(C)(C)C)c(Br)c1. The molecule has 0 aromatic heterocycles. The van der Waals surface area contributed by atoms with E-state index in [4.69, 9.17) is 0 Å². The van der Waals surface area contributed by atoms with E-state index in [0.29, 0.717) is 5.56 Å². The first kappa shape index (κ1) is 12.2. The lowest BCUT2D eigenvalue weighted by Crippen LogP contribution is -2.40. The Morgan fingerprint density at radius 2 is 1.93 bits per heavy atom. The molecule has 82 valence electrons. The second kappa shape index (κ2) is 4.35. The number of halogens is 1. The average molecular weight is 270 g/mol. The lowest BCUT2D eigenvalue weighted by Gasteiger charge is -2.21. The van der Waals surface area contributed by atoms with Gasteiger partial charge in [-0.2, -0.15) is 0 Å². The minimum Gasteiger partial charge on any atom is -0.347 e. The highest BCUT2D eigenvalue weighted by Gasteiger charge is 2.16. The van der Waals surface area contributed by atoms with Gasteiger partial charge >= 0.3 is 0 Å². The Labute approximate surface area is 99.2 Å². The number of rotatable bonds is 1. The van der Waals surface area contributed by atoms with Gasteiger partial charge in [0.15, 0.2) is 0 Å². The lowest BCUT2D eigenvalue weighted by molar-refractivity contribution is 0.0919. The maximum atomic E-state index is 11.9. The standard InChI is InChI=1S/C12H16BrNO/c1-8-5-6-9(10(13)7-8)11(15)14-12(2,3)4/h5-7H,1-4H3,(H,14,15). The quantitative estimate of drug-likeness (QED) is 0.833. The number of amides is 1. The molecule has 1 aromatic rings. The van der Waals surface area contributed by atoms with Crippen molar-refractivity contribution in [3.63, 3.8) is 0 Å². The van der Waals surface area contributed by atoms with Crippen molar-refractivity contribution in [2.75, 3.05) is 0 Å². The Bertz CT molecular complexity index is 380. The number of benzene rings is 1. The fourth-order valence-electron chi connectivity index (χ4n) is 1.21. The Morgan fingerprint density at radius 1 is 1.33 bits per heavy atom. The fourth-order valence-corrected chi connectivity index (χ4v) is 1.89. The van der Waals surface area contributed by atoms with Crippen LogP contribution < -0.4 is 5.32 Å². The molecule has 0 saturated heterocycles. The molecule has 0 saturated carbocycles. The van der Waals surface area contributed by atoms with Gasteiger partial charge < -0.3 is 5.32 Å². The van der Waals surface area contributed by atoms with Crippen LogP contribution in [0, 0.1) is 6.92 Å². The molecule has 0 bridgehead atoms. The largest absolute Gasteiger partial charge is 0.347 e. The minimum atomic E-state index is -0.207. The van der Waals surface area contributed by atoms with E-state index >= 15 is 0 Å². The van der Waals surface area contributed by atoms with E-state index in [2.05, 4.69) is 21.2 Å². The maximum absolute atomic E-state index is 11.9. The van der Waals surface area contributed by atoms with Crippen molar-refractivity contribution in [2.24, 2.45) is 0 Å². The smallest absolute Gasteiger partial charge is 0.252 e. The van der Waals surface area contributed by atoms with Crippen molar-refractivity contribution in [1.29, 1.82) is 0 Å². The molecule has 15 heavy (non-hydrogen) atoms. The summed E-state index contributed by atoms with van der Waals surface area (Å²) in [5.41, 5.74) is 1.60. The summed E-state index contributed by atoms with van der Waals surface area (Å²) in [5, 5.41) is 2.93. The molecule has 3 heteroatoms. The summed E-state index contributed by atoms with van der Waals surface area (Å²) < 4.78 is 0.837. The van der Waals surface area contributed by atoms with E-state index in [-0.39, 0.29) is 11.4 Å². The highest BCUT2D eigenvalue weighted by atomic mass is 79.9. The van der Waals surface area contributed by atoms with Gasteiger partial charge in [0.2, 0.25) is 0 Å². The monoisotopic (exact) mass is 269 g/mol. The predicted molar refractivity (Wildman–Crippen MR) is 66.1 cm³/mol. The van der Waals surface area contributed by atoms with E-state index in [1.807, 2.05) is 45.9 Å². The molecule has 0 radical (unpaired) electrons. The third-order valence-corrected chi connectivity index (χ3v) is 2.51. The number of nitrogens with one attached hydrogen (secondary N) is 1. The van der Waals surface area contributed by atoms with Gasteiger partial charge in [-0.3, -0.25) is 4.79 Å². The van der Waals surface area contributed by atoms with Crippen molar-refractivity contribution in [3.8, 4) is 0 Å². The Balaban J connectivity index is 2.92. The number of aryl methyl sites for hydroxylation is 1. The van der Waals surface area contributed by atoms with Gasteiger partial charge in [0.1, 0.15) is 0 Å². The van der Waals surface area contributed by atoms with Crippen LogP contribution in [-0.4, -0.2) is 11.4 Å². The topological polar surface area (TPSA) is 29.1 Å². The first-order valence-corrected chi connectivity index (χ1v) is 5.67. The van der Waals surface area contributed by atoms with Crippen LogP contribution in [0.15, 0.2) is 22.7 Å². The van der Waals surface area contributed by atoms with Gasteiger partial charge in [-0.15, -0.1) is 0 Å². The van der Waals surface area contributed by atoms with Crippen LogP contribution in [-0.2, 0) is 0 Å². The summed E-state index contributed by atoms with van der Waals surface area (Å²) in [5.74, 6) is -0.0469. The van der Waals surface area contributed by atoms with Crippen LogP contribution in [0.3, 0.4) is 0 Å². The molecule has 2 nitrogen and oxygen atoms in total. The van der Waals surface area contributed by atoms with E-state index in [9.17, 15) is 4.79 Å². The first-order valence-electron chi connectivity index (χ1n) is 4.88. The molecule has 0 aliphatic carbocycles. The molecule has 0 unspecified atom stereocenters. The zero-order valence-electron chi connectivity index (χ0n) is 9.52. The average Bonchev–Trinajstić information content (AvgIpc) is 1.99. The van der Waals surface area contributed by atoms with Crippen molar-refractivity contribution >= 4 is 21.8 Å². The Kier molecular flexibility index (Phi) is 3.55. The molecule has 1 amide bonds. The van der Waals surface area contributed by atoms with Gasteiger partial charge in [-0.1, -0.05) is 6.07 Å². The zero-order valence-corrected chi connectivity index (χ0v) is 11.1. The molecule has 1 N–H and O–H groups in total. The predicted octanol–water partition coefficient (Wildman–Crippen LogP) is 3.29. The highest BCUT2D eigenvalue weighted by molar-refractivity contribution is 9.10. The number of carbonyl (C=O) groups is 1. The first-order chi connectivity index (χ1) is 6.79. The molecule has 0 aliphatic heterocycles. The number of carbonyl (C=O) groups excluding carboxylic acids is 1. The van der Waals surface area contributed by atoms with Gasteiger partial charge in [-0.25, -0.2) is 0 Å². The van der Waals surface area contributed by atoms with Gasteiger partial charge in [0.25, 0.3) is 5.91 Å². The fraction of sp³-hybridized carbons (Fsp3) is 0.417. The second-order valence-corrected chi connectivity index (χ2v) is 5.54. The third-order valence-electron chi connectivity index (χ3n) is 1.86. The zero-order chi connectivity index (χ0) is 11.6. The molecular weight excluding hydrogens is 254 g/mol. The number of hydrogen-bond donors (Lipinski definition) is 1. The van der Waals surface area contributed by atoms with Crippen LogP contribution in [0.5, 0.6) is 0 Å². The van der Waals surface area contributed by atoms with Crippen LogP contribution in [0.2, 0.25) is 0 Å². The summed E-state index contributed by atoms with van der Waals surface area (Å²) in [4.78, 5) is 11.9. The molecule has 0 heterocycles. The van der Waals surface area contributed by atoms with Crippen LogP contribution in [0.1, 0.15) is 36.7 Å². The summed E-state index contributed by atoms with van der Waals surface area (Å²) in [6.45, 7) is 7.89. The molecule has 1 aromatic carbocycles. The summed E-state index contributed by atoms with van der Waals surface area (Å²) in [6, 6.07) is 5.71. The second-order valence-electron chi connectivity index (χ2n) is 4.69. The normalized spacial score (nSPS) is 11.3. The summed E-state index contributed by atoms with van der Waals surface area (Å²) in [7, 11) is 0. The van der Waals surface area contributed by atoms with Crippen LogP contribution in [0.25, 0.3) is 0 Å². The lowest BCUT2D eigenvalue weighted by atomic mass is 10.1. The Hall–Kier alpha value is -0.830. The van der Waals surface area contributed by atoms with E-state index in [1.54, 1.807) is 0 Å². The van der Waals surface area contributed by atoms with Crippen LogP contribution >= 0.6 is 15.9 Å². The maximum Gasteiger partial charge on any atom is 0.252 e. The third kappa shape index (κ3) is 3.67. The molecular formula is C12H16BrNO. The molecule has 0 fully saturated rings. The van der Waals surface area contributed by atoms with Crippen molar-refractivity contribution in [2.45, 2.75) is 33.2 Å². The highest BCUT2D eigenvalue weighted by Crippen LogP contribution is 2.18. The van der Waals surface area contributed by atoms with Crippen LogP contribution in [0.4, 0.5) is 0 Å². The molecule has 0 spiro atoms. The van der Waals surface area contributed by atoms with Crippen molar-refractivity contribution < 1.29 is 4.79 Å².